The second kappa shape index (κ2) is 7.02. The van der Waals surface area contributed by atoms with Gasteiger partial charge < -0.3 is 10.5 Å². The molecule has 0 heterocycles. The molecule has 0 amide bonds. The van der Waals surface area contributed by atoms with Gasteiger partial charge in [-0.2, -0.15) is 0 Å². The molecule has 0 radical (unpaired) electrons. The van der Waals surface area contributed by atoms with Crippen molar-refractivity contribution in [3.8, 4) is 5.75 Å². The molecule has 3 heteroatoms. The molecule has 0 aromatic heterocycles. The summed E-state index contributed by atoms with van der Waals surface area (Å²) in [4.78, 5) is 0. The molecule has 0 atom stereocenters. The quantitative estimate of drug-likeness (QED) is 0.648. The number of para-hydroxylation sites is 1. The van der Waals surface area contributed by atoms with Gasteiger partial charge in [0.25, 0.3) is 0 Å². The van der Waals surface area contributed by atoms with Gasteiger partial charge in [0.2, 0.25) is 0 Å². The van der Waals surface area contributed by atoms with E-state index in [1.165, 1.54) is 0 Å². The zero-order chi connectivity index (χ0) is 8.53. The van der Waals surface area contributed by atoms with Gasteiger partial charge in [-0.3, -0.25) is 0 Å². The van der Waals surface area contributed by atoms with Crippen molar-refractivity contribution in [2.24, 2.45) is 5.73 Å². The van der Waals surface area contributed by atoms with E-state index in [1.807, 2.05) is 30.3 Å². The highest BCUT2D eigenvalue weighted by atomic mass is 32.1. The fraction of sp³-hybridized carbons (Fsp3) is 0.125. The summed E-state index contributed by atoms with van der Waals surface area (Å²) in [6, 6.07) is 9.68. The molecule has 0 spiro atoms. The Morgan fingerprint density at radius 2 is 1.82 bits per heavy atom. The van der Waals surface area contributed by atoms with Crippen molar-refractivity contribution in [2.75, 3.05) is 7.11 Å². The van der Waals surface area contributed by atoms with Gasteiger partial charge in [-0.1, -0.05) is 30.4 Å². The first-order valence-electron chi connectivity index (χ1n) is 3.09. The SMILES string of the molecule is COc1ccccc1.NC=S. The largest absolute Gasteiger partial charge is 0.497 e. The van der Waals surface area contributed by atoms with Gasteiger partial charge in [0.1, 0.15) is 5.75 Å². The number of hydrogen-bond donors (Lipinski definition) is 1. The third-order valence-electron chi connectivity index (χ3n) is 0.979. The number of thiocarbonyl (C=S) groups is 1. The second-order valence-electron chi connectivity index (χ2n) is 1.65. The predicted octanol–water partition coefficient (Wildman–Crippen LogP) is 1.60. The van der Waals surface area contributed by atoms with Gasteiger partial charge in [-0.25, -0.2) is 0 Å². The summed E-state index contributed by atoms with van der Waals surface area (Å²) < 4.78 is 4.91. The topological polar surface area (TPSA) is 35.2 Å². The zero-order valence-electron chi connectivity index (χ0n) is 6.36. The molecule has 2 N–H and O–H groups in total. The minimum Gasteiger partial charge on any atom is -0.497 e. The van der Waals surface area contributed by atoms with Gasteiger partial charge in [0.05, 0.1) is 12.6 Å². The van der Waals surface area contributed by atoms with Crippen molar-refractivity contribution in [2.45, 2.75) is 0 Å². The normalized spacial score (nSPS) is 7.36. The van der Waals surface area contributed by atoms with E-state index in [-0.39, 0.29) is 0 Å². The first-order valence-corrected chi connectivity index (χ1v) is 3.56. The number of ether oxygens (including phenoxy) is 1. The van der Waals surface area contributed by atoms with E-state index in [2.05, 4.69) is 18.0 Å². The highest BCUT2D eigenvalue weighted by Crippen LogP contribution is 2.05. The van der Waals surface area contributed by atoms with Crippen LogP contribution in [0.2, 0.25) is 0 Å². The van der Waals surface area contributed by atoms with E-state index in [0.717, 1.165) is 11.2 Å². The maximum atomic E-state index is 4.91. The summed E-state index contributed by atoms with van der Waals surface area (Å²) in [7, 11) is 1.66. The summed E-state index contributed by atoms with van der Waals surface area (Å²) >= 11 is 4.05. The van der Waals surface area contributed by atoms with Crippen molar-refractivity contribution < 1.29 is 4.74 Å². The number of hydrogen-bond acceptors (Lipinski definition) is 2. The minimum atomic E-state index is 0.910. The lowest BCUT2D eigenvalue weighted by atomic mass is 10.3. The van der Waals surface area contributed by atoms with Gasteiger partial charge in [0, 0.05) is 0 Å². The number of benzene rings is 1. The first kappa shape index (κ1) is 9.91. The van der Waals surface area contributed by atoms with Crippen molar-refractivity contribution in [3.05, 3.63) is 30.3 Å². The molecule has 0 unspecified atom stereocenters. The smallest absolute Gasteiger partial charge is 0.118 e. The van der Waals surface area contributed by atoms with Gasteiger partial charge in [-0.15, -0.1) is 0 Å². The Kier molecular flexibility index (Phi) is 6.33. The van der Waals surface area contributed by atoms with Crippen LogP contribution in [0.4, 0.5) is 0 Å². The van der Waals surface area contributed by atoms with Crippen LogP contribution in [0.5, 0.6) is 5.75 Å². The molecule has 0 bridgehead atoms. The van der Waals surface area contributed by atoms with Crippen molar-refractivity contribution in [1.29, 1.82) is 0 Å². The zero-order valence-corrected chi connectivity index (χ0v) is 7.17. The van der Waals surface area contributed by atoms with Crippen LogP contribution >= 0.6 is 12.2 Å². The van der Waals surface area contributed by atoms with E-state index in [9.17, 15) is 0 Å². The Balaban J connectivity index is 0.000000292. The lowest BCUT2D eigenvalue weighted by Gasteiger charge is -1.93. The van der Waals surface area contributed by atoms with Crippen molar-refractivity contribution >= 4 is 17.7 Å². The van der Waals surface area contributed by atoms with Crippen LogP contribution in [0.25, 0.3) is 0 Å². The summed E-state index contributed by atoms with van der Waals surface area (Å²) in [6.07, 6.45) is 0. The maximum Gasteiger partial charge on any atom is 0.118 e. The van der Waals surface area contributed by atoms with E-state index in [0.29, 0.717) is 0 Å². The van der Waals surface area contributed by atoms with E-state index in [1.54, 1.807) is 7.11 Å². The number of methoxy groups -OCH3 is 1. The average molecular weight is 169 g/mol. The highest BCUT2D eigenvalue weighted by molar-refractivity contribution is 7.78. The maximum absolute atomic E-state index is 4.91. The number of rotatable bonds is 1. The molecule has 0 fully saturated rings. The summed E-state index contributed by atoms with van der Waals surface area (Å²) in [5.41, 5.74) is 5.62. The molecule has 0 saturated heterocycles. The van der Waals surface area contributed by atoms with Crippen molar-refractivity contribution in [3.63, 3.8) is 0 Å². The van der Waals surface area contributed by atoms with Crippen LogP contribution in [0.1, 0.15) is 0 Å². The monoisotopic (exact) mass is 169 g/mol. The van der Waals surface area contributed by atoms with Crippen LogP contribution < -0.4 is 10.5 Å². The number of nitrogens with two attached hydrogens (primary N) is 1. The molecule has 2 nitrogen and oxygen atoms in total. The van der Waals surface area contributed by atoms with Crippen LogP contribution in [-0.4, -0.2) is 12.6 Å². The first-order chi connectivity index (χ1) is 5.35. The summed E-state index contributed by atoms with van der Waals surface area (Å²) in [5, 5.41) is 0. The van der Waals surface area contributed by atoms with Gasteiger partial charge in [0.15, 0.2) is 0 Å². The Morgan fingerprint density at radius 1 is 1.36 bits per heavy atom. The standard InChI is InChI=1S/C7H8O.CH3NS/c1-8-7-5-3-2-4-6-7;2-1-3/h2-6H,1H3;1H,(H2,2,3). The molecular formula is C8H11NOS. The van der Waals surface area contributed by atoms with Crippen LogP contribution in [0.3, 0.4) is 0 Å². The molecule has 11 heavy (non-hydrogen) atoms. The molecule has 0 aliphatic heterocycles. The lowest BCUT2D eigenvalue weighted by Crippen LogP contribution is -1.79. The predicted molar refractivity (Wildman–Crippen MR) is 50.8 cm³/mol. The summed E-state index contributed by atoms with van der Waals surface area (Å²) in [5.74, 6) is 0.910. The minimum absolute atomic E-state index is 0.910. The molecular weight excluding hydrogens is 158 g/mol. The molecule has 60 valence electrons. The van der Waals surface area contributed by atoms with Crippen LogP contribution in [0, 0.1) is 0 Å². The third-order valence-corrected chi connectivity index (χ3v) is 0.979. The molecule has 0 aliphatic carbocycles. The molecule has 1 rings (SSSR count). The third kappa shape index (κ3) is 5.36. The highest BCUT2D eigenvalue weighted by Gasteiger charge is 1.80. The molecule has 1 aromatic rings. The molecule has 0 saturated carbocycles. The van der Waals surface area contributed by atoms with Crippen molar-refractivity contribution in [1.82, 2.24) is 0 Å². The average Bonchev–Trinajstić information content (AvgIpc) is 2.08. The Hall–Kier alpha value is -1.09. The fourth-order valence-electron chi connectivity index (χ4n) is 0.557. The Morgan fingerprint density at radius 3 is 2.09 bits per heavy atom. The van der Waals surface area contributed by atoms with E-state index in [4.69, 9.17) is 4.74 Å². The second-order valence-corrected chi connectivity index (χ2v) is 1.93. The fourth-order valence-corrected chi connectivity index (χ4v) is 0.557. The van der Waals surface area contributed by atoms with Gasteiger partial charge in [-0.05, 0) is 12.1 Å². The van der Waals surface area contributed by atoms with Crippen LogP contribution in [0.15, 0.2) is 30.3 Å². The molecule has 0 aliphatic rings. The van der Waals surface area contributed by atoms with Crippen LogP contribution in [-0.2, 0) is 0 Å². The van der Waals surface area contributed by atoms with Gasteiger partial charge >= 0.3 is 0 Å². The molecule has 1 aromatic carbocycles. The Bertz CT molecular complexity index is 189. The lowest BCUT2D eigenvalue weighted by molar-refractivity contribution is 0.415. The van der Waals surface area contributed by atoms with E-state index < -0.39 is 0 Å². The summed E-state index contributed by atoms with van der Waals surface area (Å²) in [6.45, 7) is 0. The Labute approximate surface area is 72.0 Å². The van der Waals surface area contributed by atoms with E-state index >= 15 is 0 Å².